The van der Waals surface area contributed by atoms with Gasteiger partial charge < -0.3 is 4.98 Å². The van der Waals surface area contributed by atoms with Gasteiger partial charge in [0.05, 0.1) is 16.6 Å². The van der Waals surface area contributed by atoms with E-state index in [0.29, 0.717) is 17.1 Å². The molecule has 49 heavy (non-hydrogen) atoms. The van der Waals surface area contributed by atoms with Crippen LogP contribution in [0.25, 0.3) is 66.5 Å². The molecule has 0 saturated carbocycles. The number of aromatic nitrogens is 6. The van der Waals surface area contributed by atoms with Crippen LogP contribution in [-0.2, 0) is 0 Å². The third-order valence-corrected chi connectivity index (χ3v) is 9.86. The molecule has 4 heterocycles. The fraction of sp³-hybridized carbons (Fsp3) is 0. The van der Waals surface area contributed by atoms with Crippen molar-refractivity contribution in [1.82, 2.24) is 29.1 Å². The fourth-order valence-corrected chi connectivity index (χ4v) is 7.55. The van der Waals surface area contributed by atoms with E-state index in [1.807, 2.05) is 95.8 Å². The predicted molar refractivity (Wildman–Crippen MR) is 198 cm³/mol. The van der Waals surface area contributed by atoms with Crippen LogP contribution in [0.3, 0.4) is 0 Å². The number of H-pyrrole nitrogens is 1. The molecule has 3 aromatic heterocycles. The first-order valence-corrected chi connectivity index (χ1v) is 16.8. The number of halogens is 2. The summed E-state index contributed by atoms with van der Waals surface area (Å²) < 4.78 is 5.61. The van der Waals surface area contributed by atoms with Crippen LogP contribution in [0.5, 0.6) is 0 Å². The zero-order valence-corrected chi connectivity index (χ0v) is 28.5. The van der Waals surface area contributed by atoms with Gasteiger partial charge in [-0.3, -0.25) is 13.9 Å². The zero-order chi connectivity index (χ0) is 33.2. The van der Waals surface area contributed by atoms with Gasteiger partial charge in [-0.25, -0.2) is 15.0 Å². The van der Waals surface area contributed by atoms with E-state index in [4.69, 9.17) is 4.98 Å². The van der Waals surface area contributed by atoms with Crippen molar-refractivity contribution in [3.8, 4) is 33.9 Å². The van der Waals surface area contributed by atoms with Gasteiger partial charge in [-0.15, -0.1) is 4.91 Å². The van der Waals surface area contributed by atoms with Gasteiger partial charge in [-0.2, -0.15) is 0 Å². The first kappa shape index (κ1) is 29.4. The van der Waals surface area contributed by atoms with Crippen LogP contribution in [-0.4, -0.2) is 34.9 Å². The van der Waals surface area contributed by atoms with Crippen LogP contribution in [0, 0.1) is 4.91 Å². The van der Waals surface area contributed by atoms with Crippen LogP contribution in [0.1, 0.15) is 15.9 Å². The van der Waals surface area contributed by atoms with Crippen molar-refractivity contribution in [3.63, 3.8) is 0 Å². The molecule has 4 aromatic carbocycles. The number of imidazole rings is 2. The number of nitrogens with one attached hydrogen (secondary N) is 1. The third kappa shape index (κ3) is 4.57. The molecule has 0 unspecified atom stereocenters. The third-order valence-electron chi connectivity index (χ3n) is 8.88. The Balaban J connectivity index is 0.000000133. The average Bonchev–Trinajstić information content (AvgIpc) is 3.95. The van der Waals surface area contributed by atoms with E-state index >= 15 is 0 Å². The number of nitroso groups, excluding NO2 is 1. The molecule has 0 fully saturated rings. The summed E-state index contributed by atoms with van der Waals surface area (Å²) in [6.07, 6.45) is 10.4. The van der Waals surface area contributed by atoms with Crippen molar-refractivity contribution in [2.45, 2.75) is 0 Å². The minimum atomic E-state index is 0.0127. The highest BCUT2D eigenvalue weighted by atomic mass is 79.9. The first-order valence-electron chi connectivity index (χ1n) is 15.2. The van der Waals surface area contributed by atoms with E-state index in [9.17, 15) is 9.70 Å². The normalized spacial score (nSPS) is 12.0. The summed E-state index contributed by atoms with van der Waals surface area (Å²) in [7, 11) is 0. The van der Waals surface area contributed by atoms with Gasteiger partial charge in [0, 0.05) is 72.1 Å². The number of fused-ring (bicyclic) bond motifs is 10. The van der Waals surface area contributed by atoms with E-state index in [-0.39, 0.29) is 5.78 Å². The molecule has 234 valence electrons. The summed E-state index contributed by atoms with van der Waals surface area (Å²) in [4.78, 5) is 41.2. The Morgan fingerprint density at radius 1 is 0.653 bits per heavy atom. The largest absolute Gasteiger partial charge is 0.340 e. The van der Waals surface area contributed by atoms with Crippen molar-refractivity contribution >= 4 is 75.9 Å². The van der Waals surface area contributed by atoms with E-state index in [2.05, 4.69) is 58.1 Å². The van der Waals surface area contributed by atoms with Crippen LogP contribution >= 0.6 is 31.9 Å². The fourth-order valence-electron chi connectivity index (χ4n) is 6.83. The maximum absolute atomic E-state index is 13.0. The maximum atomic E-state index is 13.0. The number of nitrogens with zero attached hydrogens (tertiary/aromatic N) is 6. The zero-order valence-electron chi connectivity index (χ0n) is 25.3. The van der Waals surface area contributed by atoms with Crippen molar-refractivity contribution in [3.05, 3.63) is 147 Å². The molecular weight excluding hydrogens is 746 g/mol. The lowest BCUT2D eigenvalue weighted by Gasteiger charge is -2.14. The second kappa shape index (κ2) is 11.4. The molecule has 0 saturated heterocycles. The Labute approximate surface area is 294 Å². The highest BCUT2D eigenvalue weighted by Crippen LogP contribution is 2.50. The number of aromatic amines is 1. The monoisotopic (exact) mass is 765 g/mol. The minimum Gasteiger partial charge on any atom is -0.340 e. The summed E-state index contributed by atoms with van der Waals surface area (Å²) in [6, 6.07) is 27.6. The molecule has 0 radical (unpaired) electrons. The number of carbonyl (C=O) groups excluding carboxylic acids is 1. The van der Waals surface area contributed by atoms with Crippen LogP contribution in [0.15, 0.2) is 136 Å². The summed E-state index contributed by atoms with van der Waals surface area (Å²) in [5.41, 5.74) is 7.38. The van der Waals surface area contributed by atoms with Gasteiger partial charge in [-0.05, 0) is 52.5 Å². The van der Waals surface area contributed by atoms with Crippen LogP contribution in [0.2, 0.25) is 0 Å². The molecule has 9 nitrogen and oxygen atoms in total. The Morgan fingerprint density at radius 3 is 2.06 bits per heavy atom. The van der Waals surface area contributed by atoms with Gasteiger partial charge in [-0.1, -0.05) is 80.4 Å². The molecule has 0 bridgehead atoms. The standard InChI is InChI=1S/C19H11BrN4O.C19H10BrN3O/c20-11-5-6-15-14(9-11)16-12-3-1-2-4-13(12)18(23-25)17(16)19(22-15)24-8-7-21-10-24;20-11-5-6-15-14(9-11)16-12-3-1-2-4-13(12)18(24)17(16)19(22-15)23-8-7-21-10-23/h1-10,22H;1-10H. The Kier molecular flexibility index (Phi) is 6.85. The summed E-state index contributed by atoms with van der Waals surface area (Å²) in [5, 5.41) is 7.26. The van der Waals surface area contributed by atoms with Crippen molar-refractivity contribution < 1.29 is 4.79 Å². The van der Waals surface area contributed by atoms with Crippen molar-refractivity contribution in [2.75, 3.05) is 0 Å². The van der Waals surface area contributed by atoms with Gasteiger partial charge in [0.2, 0.25) is 0 Å². The number of hydrogen-bond acceptors (Lipinski definition) is 6. The Hall–Kier alpha value is -5.78. The van der Waals surface area contributed by atoms with Gasteiger partial charge in [0.15, 0.2) is 11.6 Å². The molecule has 2 aliphatic carbocycles. The number of carbonyl (C=O) groups is 1. The van der Waals surface area contributed by atoms with Crippen LogP contribution in [0.4, 0.5) is 5.69 Å². The number of rotatable bonds is 3. The van der Waals surface area contributed by atoms with E-state index in [1.54, 1.807) is 29.6 Å². The maximum Gasteiger partial charge on any atom is 0.198 e. The van der Waals surface area contributed by atoms with E-state index in [1.165, 1.54) is 0 Å². The van der Waals surface area contributed by atoms with E-state index < -0.39 is 0 Å². The minimum absolute atomic E-state index is 0.0127. The van der Waals surface area contributed by atoms with Crippen molar-refractivity contribution in [1.29, 1.82) is 0 Å². The van der Waals surface area contributed by atoms with Gasteiger partial charge >= 0.3 is 0 Å². The SMILES string of the molecule is O=C1c2ccccc2-c2c1c(-n1ccnc1)nc1ccc(Br)cc21.O=Nc1c2c(-n3ccnc3)[nH]c3ccc(Br)cc3c-2c2ccccc12. The second-order valence-corrected chi connectivity index (χ2v) is 13.4. The summed E-state index contributed by atoms with van der Waals surface area (Å²) in [6.45, 7) is 0. The van der Waals surface area contributed by atoms with Crippen LogP contribution < -0.4 is 0 Å². The molecule has 1 aliphatic heterocycles. The molecule has 0 spiro atoms. The number of ketones is 1. The van der Waals surface area contributed by atoms with Gasteiger partial charge in [0.25, 0.3) is 0 Å². The molecule has 1 N–H and O–H groups in total. The molecule has 3 aliphatic rings. The number of hydrogen-bond donors (Lipinski definition) is 1. The second-order valence-electron chi connectivity index (χ2n) is 11.6. The van der Waals surface area contributed by atoms with Gasteiger partial charge in [0.1, 0.15) is 24.2 Å². The lowest BCUT2D eigenvalue weighted by molar-refractivity contribution is 0.104. The molecule has 10 rings (SSSR count). The highest BCUT2D eigenvalue weighted by Gasteiger charge is 2.32. The topological polar surface area (TPSA) is 111 Å². The smallest absolute Gasteiger partial charge is 0.198 e. The quantitative estimate of drug-likeness (QED) is 0.180. The average molecular weight is 767 g/mol. The predicted octanol–water partition coefficient (Wildman–Crippen LogP) is 10.2. The number of pyridine rings is 2. The van der Waals surface area contributed by atoms with E-state index in [0.717, 1.165) is 75.2 Å². The van der Waals surface area contributed by atoms with Crippen molar-refractivity contribution in [2.24, 2.45) is 5.18 Å². The Bertz CT molecular complexity index is 2730. The molecule has 11 heteroatoms. The lowest BCUT2D eigenvalue weighted by Crippen LogP contribution is -2.06. The first-order chi connectivity index (χ1) is 24.0. The summed E-state index contributed by atoms with van der Waals surface area (Å²) in [5.74, 6) is 1.42. The lowest BCUT2D eigenvalue weighted by atomic mass is 10.0. The highest BCUT2D eigenvalue weighted by molar-refractivity contribution is 9.10. The number of benzene rings is 4. The summed E-state index contributed by atoms with van der Waals surface area (Å²) >= 11 is 7.07. The Morgan fingerprint density at radius 2 is 1.33 bits per heavy atom. The molecule has 0 atom stereocenters. The molecule has 7 aromatic rings. The molecule has 0 amide bonds. The molecular formula is C38H21Br2N7O2.